The van der Waals surface area contributed by atoms with Crippen LogP contribution in [-0.4, -0.2) is 62.2 Å². The molecule has 2 aliphatic rings. The maximum atomic E-state index is 12.9. The Bertz CT molecular complexity index is 1330. The minimum Gasteiger partial charge on any atom is -0.497 e. The summed E-state index contributed by atoms with van der Waals surface area (Å²) in [5.74, 6) is 1.67. The second kappa shape index (κ2) is 10.2. The molecule has 0 aliphatic carbocycles. The Kier molecular flexibility index (Phi) is 6.79. The molecule has 1 saturated heterocycles. The number of sulfonamides is 1. The number of aromatic nitrogens is 2. The first-order chi connectivity index (χ1) is 17.4. The number of benzene rings is 2. The van der Waals surface area contributed by atoms with Crippen molar-refractivity contribution in [2.75, 3.05) is 38.7 Å². The second-order valence-corrected chi connectivity index (χ2v) is 10.4. The highest BCUT2D eigenvalue weighted by atomic mass is 32.2. The van der Waals surface area contributed by atoms with Crippen molar-refractivity contribution in [3.8, 4) is 17.2 Å². The first kappa shape index (κ1) is 24.1. The van der Waals surface area contributed by atoms with Crippen LogP contribution in [0.4, 0.5) is 6.01 Å². The van der Waals surface area contributed by atoms with Crippen LogP contribution in [0.2, 0.25) is 0 Å². The summed E-state index contributed by atoms with van der Waals surface area (Å²) in [6, 6.07) is 11.9. The van der Waals surface area contributed by atoms with Crippen LogP contribution in [0.3, 0.4) is 0 Å². The normalized spacial score (nSPS) is 16.5. The van der Waals surface area contributed by atoms with Gasteiger partial charge < -0.3 is 18.6 Å². The number of amides is 1. The molecule has 0 bridgehead atoms. The van der Waals surface area contributed by atoms with Crippen LogP contribution in [0.25, 0.3) is 0 Å². The lowest BCUT2D eigenvalue weighted by atomic mass is 9.97. The highest BCUT2D eigenvalue weighted by Crippen LogP contribution is 2.31. The molecule has 5 rings (SSSR count). The van der Waals surface area contributed by atoms with Gasteiger partial charge in [0.1, 0.15) is 19.0 Å². The van der Waals surface area contributed by atoms with Crippen LogP contribution < -0.4 is 19.5 Å². The Morgan fingerprint density at radius 2 is 1.78 bits per heavy atom. The summed E-state index contributed by atoms with van der Waals surface area (Å²) in [6.07, 6.45) is 1.15. The maximum Gasteiger partial charge on any atom is 0.322 e. The van der Waals surface area contributed by atoms with Gasteiger partial charge in [-0.05, 0) is 54.8 Å². The first-order valence-electron chi connectivity index (χ1n) is 11.6. The lowest BCUT2D eigenvalue weighted by Crippen LogP contribution is -2.41. The van der Waals surface area contributed by atoms with Gasteiger partial charge in [-0.25, -0.2) is 8.42 Å². The minimum absolute atomic E-state index is 0.0147. The monoisotopic (exact) mass is 514 g/mol. The fraction of sp³-hybridized carbons (Fsp3) is 0.375. The van der Waals surface area contributed by atoms with E-state index >= 15 is 0 Å². The molecule has 2 aromatic carbocycles. The number of piperidine rings is 1. The molecule has 3 aromatic rings. The van der Waals surface area contributed by atoms with Gasteiger partial charge in [-0.15, -0.1) is 5.10 Å². The van der Waals surface area contributed by atoms with Crippen molar-refractivity contribution in [2.45, 2.75) is 24.2 Å². The van der Waals surface area contributed by atoms with Crippen molar-refractivity contribution in [2.24, 2.45) is 5.92 Å². The van der Waals surface area contributed by atoms with E-state index in [1.165, 1.54) is 23.5 Å². The van der Waals surface area contributed by atoms with E-state index in [0.717, 1.165) is 5.56 Å². The molecular formula is C24H26N4O7S. The molecule has 190 valence electrons. The summed E-state index contributed by atoms with van der Waals surface area (Å²) in [5.41, 5.74) is 0.909. The molecule has 0 saturated carbocycles. The summed E-state index contributed by atoms with van der Waals surface area (Å²) in [4.78, 5) is 12.9. The Labute approximate surface area is 208 Å². The molecule has 0 atom stereocenters. The summed E-state index contributed by atoms with van der Waals surface area (Å²) in [7, 11) is -2.12. The summed E-state index contributed by atoms with van der Waals surface area (Å²) >= 11 is 0. The molecule has 1 N–H and O–H groups in total. The number of carbonyl (C=O) groups excluding carboxylic acids is 1. The van der Waals surface area contributed by atoms with Gasteiger partial charge in [0.25, 0.3) is 0 Å². The third-order valence-electron chi connectivity index (χ3n) is 6.18. The summed E-state index contributed by atoms with van der Waals surface area (Å²) < 4.78 is 49.1. The van der Waals surface area contributed by atoms with Crippen molar-refractivity contribution in [1.29, 1.82) is 0 Å². The Balaban J connectivity index is 1.15. The van der Waals surface area contributed by atoms with E-state index in [4.69, 9.17) is 18.6 Å². The van der Waals surface area contributed by atoms with Crippen LogP contribution in [0.5, 0.6) is 17.2 Å². The topological polar surface area (TPSA) is 133 Å². The van der Waals surface area contributed by atoms with Crippen molar-refractivity contribution in [3.63, 3.8) is 0 Å². The molecular weight excluding hydrogens is 488 g/mol. The Morgan fingerprint density at radius 1 is 1.06 bits per heavy atom. The van der Waals surface area contributed by atoms with E-state index in [2.05, 4.69) is 15.5 Å². The zero-order valence-electron chi connectivity index (χ0n) is 19.7. The Hall–Kier alpha value is -3.64. The van der Waals surface area contributed by atoms with Gasteiger partial charge in [0, 0.05) is 19.0 Å². The predicted molar refractivity (Wildman–Crippen MR) is 128 cm³/mol. The SMILES string of the molecule is COc1ccc(S(=O)(=O)N2CCC(C(=O)Nc3nnc(Cc4ccc5c(c4)OCCO5)o3)CC2)cc1. The molecule has 1 amide bonds. The third kappa shape index (κ3) is 5.14. The van der Waals surface area contributed by atoms with Crippen molar-refractivity contribution < 1.29 is 31.8 Å². The van der Waals surface area contributed by atoms with E-state index in [-0.39, 0.29) is 35.8 Å². The van der Waals surface area contributed by atoms with E-state index < -0.39 is 10.0 Å². The number of hydrogen-bond acceptors (Lipinski definition) is 9. The largest absolute Gasteiger partial charge is 0.497 e. The molecule has 2 aliphatic heterocycles. The lowest BCUT2D eigenvalue weighted by Gasteiger charge is -2.30. The van der Waals surface area contributed by atoms with Gasteiger partial charge in [0.05, 0.1) is 18.4 Å². The van der Waals surface area contributed by atoms with Crippen molar-refractivity contribution >= 4 is 21.9 Å². The molecule has 0 unspecified atom stereocenters. The van der Waals surface area contributed by atoms with Gasteiger partial charge in [0.2, 0.25) is 21.8 Å². The molecule has 1 aromatic heterocycles. The molecule has 1 fully saturated rings. The number of anilines is 1. The van der Waals surface area contributed by atoms with Gasteiger partial charge in [-0.2, -0.15) is 4.31 Å². The quantitative estimate of drug-likeness (QED) is 0.505. The number of fused-ring (bicyclic) bond motifs is 1. The van der Waals surface area contributed by atoms with Crippen LogP contribution in [0.15, 0.2) is 51.8 Å². The van der Waals surface area contributed by atoms with Crippen LogP contribution in [-0.2, 0) is 21.2 Å². The zero-order chi connectivity index (χ0) is 25.1. The van der Waals surface area contributed by atoms with Crippen LogP contribution in [0.1, 0.15) is 24.3 Å². The predicted octanol–water partition coefficient (Wildman–Crippen LogP) is 2.48. The smallest absolute Gasteiger partial charge is 0.322 e. The second-order valence-electron chi connectivity index (χ2n) is 8.50. The van der Waals surface area contributed by atoms with Gasteiger partial charge in [0.15, 0.2) is 11.5 Å². The van der Waals surface area contributed by atoms with E-state index in [1.807, 2.05) is 18.2 Å². The van der Waals surface area contributed by atoms with Gasteiger partial charge >= 0.3 is 6.01 Å². The average molecular weight is 515 g/mol. The standard InChI is InChI=1S/C24H26N4O7S/c1-32-18-3-5-19(6-4-18)36(30,31)28-10-8-17(9-11-28)23(29)25-24-27-26-22(35-24)15-16-2-7-20-21(14-16)34-13-12-33-20/h2-7,14,17H,8-13,15H2,1H3,(H,25,27,29). The highest BCUT2D eigenvalue weighted by Gasteiger charge is 2.32. The molecule has 0 spiro atoms. The number of rotatable bonds is 7. The van der Waals surface area contributed by atoms with E-state index in [0.29, 0.717) is 55.6 Å². The van der Waals surface area contributed by atoms with Crippen molar-refractivity contribution in [3.05, 3.63) is 53.9 Å². The minimum atomic E-state index is -3.64. The third-order valence-corrected chi connectivity index (χ3v) is 8.09. The maximum absolute atomic E-state index is 12.9. The van der Waals surface area contributed by atoms with Gasteiger partial charge in [-0.1, -0.05) is 11.2 Å². The molecule has 12 heteroatoms. The fourth-order valence-corrected chi connectivity index (χ4v) is 5.68. The number of carbonyl (C=O) groups is 1. The van der Waals surface area contributed by atoms with Crippen LogP contribution >= 0.6 is 0 Å². The Morgan fingerprint density at radius 3 is 2.50 bits per heavy atom. The van der Waals surface area contributed by atoms with Gasteiger partial charge in [-0.3, -0.25) is 10.1 Å². The average Bonchev–Trinajstić information content (AvgIpc) is 3.35. The van der Waals surface area contributed by atoms with Crippen molar-refractivity contribution in [1.82, 2.24) is 14.5 Å². The van der Waals surface area contributed by atoms with Crippen LogP contribution in [0, 0.1) is 5.92 Å². The number of nitrogens with zero attached hydrogens (tertiary/aromatic N) is 3. The molecule has 36 heavy (non-hydrogen) atoms. The molecule has 3 heterocycles. The number of nitrogens with one attached hydrogen (secondary N) is 1. The van der Waals surface area contributed by atoms with E-state index in [1.54, 1.807) is 12.1 Å². The number of ether oxygens (including phenoxy) is 3. The first-order valence-corrected chi connectivity index (χ1v) is 13.0. The highest BCUT2D eigenvalue weighted by molar-refractivity contribution is 7.89. The number of methoxy groups -OCH3 is 1. The fourth-order valence-electron chi connectivity index (χ4n) is 4.21. The number of hydrogen-bond donors (Lipinski definition) is 1. The lowest BCUT2D eigenvalue weighted by molar-refractivity contribution is -0.121. The summed E-state index contributed by atoms with van der Waals surface area (Å²) in [5, 5.41) is 10.6. The zero-order valence-corrected chi connectivity index (χ0v) is 20.5. The summed E-state index contributed by atoms with van der Waals surface area (Å²) in [6.45, 7) is 1.51. The van der Waals surface area contributed by atoms with E-state index in [9.17, 15) is 13.2 Å². The molecule has 0 radical (unpaired) electrons. The molecule has 11 nitrogen and oxygen atoms in total.